The van der Waals surface area contributed by atoms with Crippen LogP contribution in [-0.2, 0) is 0 Å². The molecule has 0 aromatic rings. The van der Waals surface area contributed by atoms with Gasteiger partial charge in [-0.05, 0) is 18.3 Å². The third-order valence-corrected chi connectivity index (χ3v) is 2.63. The normalized spacial score (nSPS) is 37.3. The molecule has 9 heavy (non-hydrogen) atoms. The van der Waals surface area contributed by atoms with E-state index in [1.807, 2.05) is 0 Å². The molecule has 0 heterocycles. The molecule has 0 nitrogen and oxygen atoms in total. The summed E-state index contributed by atoms with van der Waals surface area (Å²) in [6.07, 6.45) is 7.82. The van der Waals surface area contributed by atoms with E-state index in [1.165, 1.54) is 11.8 Å². The molecule has 2 heteroatoms. The summed E-state index contributed by atoms with van der Waals surface area (Å²) in [5.41, 5.74) is 0. The van der Waals surface area contributed by atoms with Gasteiger partial charge in [0.2, 0.25) is 0 Å². The maximum atomic E-state index is 1.58. The zero-order chi connectivity index (χ0) is 4.69. The molecule has 0 aliphatic heterocycles. The molecule has 2 saturated carbocycles. The summed E-state index contributed by atoms with van der Waals surface area (Å²) >= 11 is 0. The minimum absolute atomic E-state index is 0. The third kappa shape index (κ3) is 2.50. The van der Waals surface area contributed by atoms with Gasteiger partial charge < -0.3 is 2.85 Å². The topological polar surface area (TPSA) is 0 Å². The van der Waals surface area contributed by atoms with Crippen molar-refractivity contribution in [2.45, 2.75) is 32.1 Å². The van der Waals surface area contributed by atoms with Gasteiger partial charge in [0.1, 0.15) is 0 Å². The van der Waals surface area contributed by atoms with Crippen LogP contribution < -0.4 is 59.1 Å². The van der Waals surface area contributed by atoms with Gasteiger partial charge in [0, 0.05) is 0 Å². The Labute approximate surface area is 105 Å². The standard InChI is InChI=1S/C7H12.2Na.2H/c1-2-7-4-3-6(1)5-7;;;;/h6-7H,1-5H2;;;;/q;2*+1;2*-1. The van der Waals surface area contributed by atoms with E-state index in [0.29, 0.717) is 0 Å². The molecule has 0 spiro atoms. The second-order valence-electron chi connectivity index (χ2n) is 3.12. The van der Waals surface area contributed by atoms with Gasteiger partial charge in [-0.2, -0.15) is 0 Å². The Hall–Kier alpha value is 2.00. The van der Waals surface area contributed by atoms with Gasteiger partial charge in [0.05, 0.1) is 0 Å². The summed E-state index contributed by atoms with van der Waals surface area (Å²) in [4.78, 5) is 0. The SMILES string of the molecule is C1CC2CCC1C2.[H-].[H-].[Na+].[Na+]. The average Bonchev–Trinajstić information content (AvgIpc) is 2.22. The minimum Gasteiger partial charge on any atom is -1.00 e. The predicted molar refractivity (Wildman–Crippen MR) is 32.3 cm³/mol. The Balaban J connectivity index is -0.000000160. The summed E-state index contributed by atoms with van der Waals surface area (Å²) in [5.74, 6) is 2.34. The summed E-state index contributed by atoms with van der Waals surface area (Å²) < 4.78 is 0. The molecule has 0 unspecified atom stereocenters. The predicted octanol–water partition coefficient (Wildman–Crippen LogP) is -3.57. The molecule has 0 amide bonds. The van der Waals surface area contributed by atoms with E-state index >= 15 is 0 Å². The molecule has 2 fully saturated rings. The molecule has 44 valence electrons. The minimum atomic E-state index is 0. The first kappa shape index (κ1) is 11.0. The number of rotatable bonds is 0. The summed E-state index contributed by atoms with van der Waals surface area (Å²) in [7, 11) is 0. The molecule has 0 saturated heterocycles. The van der Waals surface area contributed by atoms with E-state index in [2.05, 4.69) is 0 Å². The third-order valence-electron chi connectivity index (χ3n) is 2.63. The second kappa shape index (κ2) is 4.79. The molecule has 2 bridgehead atoms. The zero-order valence-corrected chi connectivity index (χ0v) is 10.7. The van der Waals surface area contributed by atoms with Gasteiger partial charge >= 0.3 is 59.1 Å². The molecular weight excluding hydrogens is 130 g/mol. The summed E-state index contributed by atoms with van der Waals surface area (Å²) in [6.45, 7) is 0. The Kier molecular flexibility index (Phi) is 5.86. The van der Waals surface area contributed by atoms with E-state index in [9.17, 15) is 0 Å². The van der Waals surface area contributed by atoms with Crippen LogP contribution in [0, 0.1) is 11.8 Å². The smallest absolute Gasteiger partial charge is 1.00 e. The average molecular weight is 144 g/mol. The van der Waals surface area contributed by atoms with Crippen molar-refractivity contribution in [3.8, 4) is 0 Å². The summed E-state index contributed by atoms with van der Waals surface area (Å²) in [5, 5.41) is 0. The number of hydrogen-bond acceptors (Lipinski definition) is 0. The molecule has 0 N–H and O–H groups in total. The quantitative estimate of drug-likeness (QED) is 0.309. The fourth-order valence-corrected chi connectivity index (χ4v) is 2.17. The molecule has 2 aliphatic carbocycles. The Morgan fingerprint density at radius 3 is 1.22 bits per heavy atom. The number of fused-ring (bicyclic) bond motifs is 2. The van der Waals surface area contributed by atoms with Gasteiger partial charge in [-0.15, -0.1) is 0 Å². The van der Waals surface area contributed by atoms with Crippen LogP contribution in [0.2, 0.25) is 0 Å². The van der Waals surface area contributed by atoms with Crippen LogP contribution in [-0.4, -0.2) is 0 Å². The van der Waals surface area contributed by atoms with E-state index in [1.54, 1.807) is 32.1 Å². The maximum absolute atomic E-state index is 1.58. The van der Waals surface area contributed by atoms with Crippen molar-refractivity contribution >= 4 is 0 Å². The van der Waals surface area contributed by atoms with Gasteiger partial charge in [0.25, 0.3) is 0 Å². The summed E-state index contributed by atoms with van der Waals surface area (Å²) in [6, 6.07) is 0. The van der Waals surface area contributed by atoms with E-state index < -0.39 is 0 Å². The second-order valence-corrected chi connectivity index (χ2v) is 3.12. The van der Waals surface area contributed by atoms with Crippen LogP contribution in [0.15, 0.2) is 0 Å². The van der Waals surface area contributed by atoms with Crippen LogP contribution in [0.5, 0.6) is 0 Å². The van der Waals surface area contributed by atoms with Crippen LogP contribution >= 0.6 is 0 Å². The molecule has 0 radical (unpaired) electrons. The Bertz CT molecular complexity index is 72.5. The van der Waals surface area contributed by atoms with Crippen LogP contribution in [0.3, 0.4) is 0 Å². The zero-order valence-electron chi connectivity index (χ0n) is 8.69. The van der Waals surface area contributed by atoms with Crippen LogP contribution in [0.4, 0.5) is 0 Å². The Morgan fingerprint density at radius 2 is 1.11 bits per heavy atom. The molecule has 0 aromatic heterocycles. The largest absolute Gasteiger partial charge is 1.00 e. The maximum Gasteiger partial charge on any atom is 1.00 e. The monoisotopic (exact) mass is 144 g/mol. The van der Waals surface area contributed by atoms with Gasteiger partial charge in [-0.25, -0.2) is 0 Å². The van der Waals surface area contributed by atoms with E-state index in [-0.39, 0.29) is 62.0 Å². The van der Waals surface area contributed by atoms with Gasteiger partial charge in [0.15, 0.2) is 0 Å². The van der Waals surface area contributed by atoms with Crippen molar-refractivity contribution in [3.05, 3.63) is 0 Å². The first-order valence-electron chi connectivity index (χ1n) is 3.45. The number of hydrogen-bond donors (Lipinski definition) is 0. The van der Waals surface area contributed by atoms with Crippen molar-refractivity contribution in [2.75, 3.05) is 0 Å². The Morgan fingerprint density at radius 1 is 0.778 bits per heavy atom. The molecular formula is C7H14Na2. The first-order chi connectivity index (χ1) is 3.45. The fraction of sp³-hybridized carbons (Fsp3) is 1.00. The first-order valence-corrected chi connectivity index (χ1v) is 3.45. The van der Waals surface area contributed by atoms with Crippen LogP contribution in [0.1, 0.15) is 35.0 Å². The molecule has 2 rings (SSSR count). The molecule has 2 aliphatic rings. The molecule has 0 atom stereocenters. The van der Waals surface area contributed by atoms with E-state index in [4.69, 9.17) is 0 Å². The van der Waals surface area contributed by atoms with Crippen molar-refractivity contribution in [1.82, 2.24) is 0 Å². The van der Waals surface area contributed by atoms with Gasteiger partial charge in [-0.3, -0.25) is 0 Å². The van der Waals surface area contributed by atoms with Crippen molar-refractivity contribution in [3.63, 3.8) is 0 Å². The fourth-order valence-electron chi connectivity index (χ4n) is 2.17. The van der Waals surface area contributed by atoms with Crippen molar-refractivity contribution < 1.29 is 62.0 Å². The van der Waals surface area contributed by atoms with Crippen molar-refractivity contribution in [1.29, 1.82) is 0 Å². The van der Waals surface area contributed by atoms with E-state index in [0.717, 1.165) is 0 Å². The van der Waals surface area contributed by atoms with Gasteiger partial charge in [-0.1, -0.05) is 25.7 Å². The van der Waals surface area contributed by atoms with Crippen molar-refractivity contribution in [2.24, 2.45) is 11.8 Å². The molecule has 0 aromatic carbocycles. The van der Waals surface area contributed by atoms with Crippen LogP contribution in [0.25, 0.3) is 0 Å².